The second-order valence-electron chi connectivity index (χ2n) is 5.32. The molecule has 0 aromatic rings. The van der Waals surface area contributed by atoms with Crippen LogP contribution in [0, 0.1) is 5.92 Å². The number of piperazine rings is 1. The summed E-state index contributed by atoms with van der Waals surface area (Å²) in [6, 6.07) is 0.278. The molecule has 0 spiro atoms. The van der Waals surface area contributed by atoms with Crippen LogP contribution in [0.4, 0.5) is 0 Å². The SMILES string of the molecule is COC(=O)CN1CCN(C(=O)C2CCNC2C)CC1. The summed E-state index contributed by atoms with van der Waals surface area (Å²) in [5, 5.41) is 3.31. The Bertz CT molecular complexity index is 340. The Hall–Kier alpha value is -1.14. The Morgan fingerprint density at radius 1 is 1.26 bits per heavy atom. The number of esters is 1. The van der Waals surface area contributed by atoms with Crippen LogP contribution in [-0.4, -0.2) is 74.1 Å². The molecular weight excluding hydrogens is 246 g/mol. The molecule has 0 radical (unpaired) electrons. The van der Waals surface area contributed by atoms with Crippen molar-refractivity contribution in [2.45, 2.75) is 19.4 Å². The van der Waals surface area contributed by atoms with E-state index in [9.17, 15) is 9.59 Å². The average Bonchev–Trinajstić information content (AvgIpc) is 2.85. The second kappa shape index (κ2) is 6.34. The van der Waals surface area contributed by atoms with E-state index < -0.39 is 0 Å². The molecule has 2 fully saturated rings. The minimum absolute atomic E-state index is 0.118. The summed E-state index contributed by atoms with van der Waals surface area (Å²) in [7, 11) is 1.40. The molecule has 0 saturated carbocycles. The highest BCUT2D eigenvalue weighted by atomic mass is 16.5. The Morgan fingerprint density at radius 2 is 1.95 bits per heavy atom. The zero-order valence-corrected chi connectivity index (χ0v) is 11.7. The molecule has 1 N–H and O–H groups in total. The molecule has 19 heavy (non-hydrogen) atoms. The number of nitrogens with one attached hydrogen (secondary N) is 1. The molecule has 6 nitrogen and oxygen atoms in total. The molecule has 2 aliphatic rings. The number of rotatable bonds is 3. The fourth-order valence-corrected chi connectivity index (χ4v) is 2.80. The molecule has 2 heterocycles. The van der Waals surface area contributed by atoms with E-state index in [0.29, 0.717) is 19.6 Å². The normalized spacial score (nSPS) is 28.4. The molecule has 108 valence electrons. The number of carbonyl (C=O) groups excluding carboxylic acids is 2. The van der Waals surface area contributed by atoms with Crippen LogP contribution in [0.2, 0.25) is 0 Å². The first kappa shape index (κ1) is 14.3. The lowest BCUT2D eigenvalue weighted by molar-refractivity contribution is -0.143. The van der Waals surface area contributed by atoms with Crippen LogP contribution >= 0.6 is 0 Å². The monoisotopic (exact) mass is 269 g/mol. The van der Waals surface area contributed by atoms with Gasteiger partial charge in [-0.25, -0.2) is 0 Å². The highest BCUT2D eigenvalue weighted by molar-refractivity contribution is 5.80. The van der Waals surface area contributed by atoms with Gasteiger partial charge in [-0.1, -0.05) is 0 Å². The van der Waals surface area contributed by atoms with Crippen molar-refractivity contribution >= 4 is 11.9 Å². The minimum Gasteiger partial charge on any atom is -0.468 e. The molecule has 2 rings (SSSR count). The number of methoxy groups -OCH3 is 1. The van der Waals surface area contributed by atoms with Gasteiger partial charge in [0.1, 0.15) is 0 Å². The summed E-state index contributed by atoms with van der Waals surface area (Å²) in [6.07, 6.45) is 0.933. The maximum Gasteiger partial charge on any atom is 0.319 e. The van der Waals surface area contributed by atoms with Crippen molar-refractivity contribution in [1.82, 2.24) is 15.1 Å². The molecule has 2 saturated heterocycles. The van der Waals surface area contributed by atoms with Crippen molar-refractivity contribution in [3.05, 3.63) is 0 Å². The average molecular weight is 269 g/mol. The zero-order chi connectivity index (χ0) is 13.8. The molecular formula is C13H23N3O3. The third-order valence-corrected chi connectivity index (χ3v) is 4.11. The first-order valence-corrected chi connectivity index (χ1v) is 6.93. The fourth-order valence-electron chi connectivity index (χ4n) is 2.80. The summed E-state index contributed by atoms with van der Waals surface area (Å²) in [6.45, 7) is 6.23. The molecule has 0 aromatic heterocycles. The highest BCUT2D eigenvalue weighted by Gasteiger charge is 2.33. The maximum absolute atomic E-state index is 12.4. The van der Waals surface area contributed by atoms with Gasteiger partial charge in [0.25, 0.3) is 0 Å². The summed E-state index contributed by atoms with van der Waals surface area (Å²) in [5.41, 5.74) is 0. The Kier molecular flexibility index (Phi) is 4.76. The van der Waals surface area contributed by atoms with Gasteiger partial charge in [-0.3, -0.25) is 14.5 Å². The minimum atomic E-state index is -0.214. The maximum atomic E-state index is 12.4. The number of carbonyl (C=O) groups is 2. The van der Waals surface area contributed by atoms with E-state index in [0.717, 1.165) is 26.1 Å². The van der Waals surface area contributed by atoms with Gasteiger partial charge in [0.15, 0.2) is 0 Å². The number of hydrogen-bond donors (Lipinski definition) is 1. The van der Waals surface area contributed by atoms with Gasteiger partial charge in [-0.05, 0) is 19.9 Å². The van der Waals surface area contributed by atoms with Crippen LogP contribution < -0.4 is 5.32 Å². The molecule has 2 aliphatic heterocycles. The molecule has 0 aliphatic carbocycles. The Morgan fingerprint density at radius 3 is 2.47 bits per heavy atom. The van der Waals surface area contributed by atoms with Crippen molar-refractivity contribution in [1.29, 1.82) is 0 Å². The molecule has 6 heteroatoms. The van der Waals surface area contributed by atoms with Crippen molar-refractivity contribution < 1.29 is 14.3 Å². The van der Waals surface area contributed by atoms with Crippen LogP contribution in [0.5, 0.6) is 0 Å². The summed E-state index contributed by atoms with van der Waals surface area (Å²) < 4.78 is 4.65. The van der Waals surface area contributed by atoms with Gasteiger partial charge >= 0.3 is 5.97 Å². The lowest BCUT2D eigenvalue weighted by Gasteiger charge is -2.35. The van der Waals surface area contributed by atoms with E-state index in [2.05, 4.69) is 17.0 Å². The smallest absolute Gasteiger partial charge is 0.319 e. The van der Waals surface area contributed by atoms with Gasteiger partial charge < -0.3 is 15.0 Å². The van der Waals surface area contributed by atoms with E-state index >= 15 is 0 Å². The number of ether oxygens (including phenoxy) is 1. The second-order valence-corrected chi connectivity index (χ2v) is 5.32. The number of amides is 1. The summed E-state index contributed by atoms with van der Waals surface area (Å²) in [4.78, 5) is 27.5. The van der Waals surface area contributed by atoms with Gasteiger partial charge in [0.05, 0.1) is 19.6 Å². The Balaban J connectivity index is 1.79. The zero-order valence-electron chi connectivity index (χ0n) is 11.7. The Labute approximate surface area is 114 Å². The molecule has 2 unspecified atom stereocenters. The largest absolute Gasteiger partial charge is 0.468 e. The lowest BCUT2D eigenvalue weighted by Crippen LogP contribution is -2.52. The molecule has 0 aromatic carbocycles. The van der Waals surface area contributed by atoms with Crippen LogP contribution in [0.3, 0.4) is 0 Å². The molecule has 2 atom stereocenters. The number of hydrogen-bond acceptors (Lipinski definition) is 5. The van der Waals surface area contributed by atoms with E-state index in [4.69, 9.17) is 0 Å². The first-order valence-electron chi connectivity index (χ1n) is 6.93. The summed E-state index contributed by atoms with van der Waals surface area (Å²) >= 11 is 0. The van der Waals surface area contributed by atoms with Crippen molar-refractivity contribution in [2.75, 3.05) is 46.4 Å². The van der Waals surface area contributed by atoms with E-state index in [1.54, 1.807) is 0 Å². The van der Waals surface area contributed by atoms with Crippen LogP contribution in [0.1, 0.15) is 13.3 Å². The van der Waals surface area contributed by atoms with Crippen molar-refractivity contribution in [3.8, 4) is 0 Å². The predicted octanol–water partition coefficient (Wildman–Crippen LogP) is -0.698. The van der Waals surface area contributed by atoms with Gasteiger partial charge in [-0.2, -0.15) is 0 Å². The van der Waals surface area contributed by atoms with Crippen LogP contribution in [0.25, 0.3) is 0 Å². The first-order chi connectivity index (χ1) is 9.11. The highest BCUT2D eigenvalue weighted by Crippen LogP contribution is 2.19. The summed E-state index contributed by atoms with van der Waals surface area (Å²) in [5.74, 6) is 0.163. The molecule has 1 amide bonds. The lowest BCUT2D eigenvalue weighted by atomic mass is 10.00. The standard InChI is InChI=1S/C13H23N3O3/c1-10-11(3-4-14-10)13(18)16-7-5-15(6-8-16)9-12(17)19-2/h10-11,14H,3-9H2,1-2H3. The quantitative estimate of drug-likeness (QED) is 0.687. The van der Waals surface area contributed by atoms with Gasteiger partial charge in [0.2, 0.25) is 5.91 Å². The third-order valence-electron chi connectivity index (χ3n) is 4.11. The van der Waals surface area contributed by atoms with E-state index in [1.807, 2.05) is 9.80 Å². The van der Waals surface area contributed by atoms with Gasteiger partial charge in [-0.15, -0.1) is 0 Å². The fraction of sp³-hybridized carbons (Fsp3) is 0.846. The van der Waals surface area contributed by atoms with Gasteiger partial charge in [0, 0.05) is 32.2 Å². The van der Waals surface area contributed by atoms with Crippen LogP contribution in [-0.2, 0) is 14.3 Å². The number of nitrogens with zero attached hydrogens (tertiary/aromatic N) is 2. The van der Waals surface area contributed by atoms with Crippen molar-refractivity contribution in [2.24, 2.45) is 5.92 Å². The predicted molar refractivity (Wildman–Crippen MR) is 70.6 cm³/mol. The third kappa shape index (κ3) is 3.45. The van der Waals surface area contributed by atoms with Crippen molar-refractivity contribution in [3.63, 3.8) is 0 Å². The van der Waals surface area contributed by atoms with E-state index in [-0.39, 0.29) is 23.8 Å². The topological polar surface area (TPSA) is 61.9 Å². The molecule has 0 bridgehead atoms. The van der Waals surface area contributed by atoms with Crippen LogP contribution in [0.15, 0.2) is 0 Å². The van der Waals surface area contributed by atoms with E-state index in [1.165, 1.54) is 7.11 Å².